The SMILES string of the molecule is CN=C(NCc1cccc(C(=O)NC(C)(C)C)c1)NCc1ccccc1Cn1cccn1. The number of amides is 1. The van der Waals surface area contributed by atoms with Crippen molar-refractivity contribution in [2.75, 3.05) is 7.05 Å². The normalized spacial score (nSPS) is 11.8. The van der Waals surface area contributed by atoms with Crippen LogP contribution in [0.3, 0.4) is 0 Å². The number of hydrogen-bond donors (Lipinski definition) is 3. The lowest BCUT2D eigenvalue weighted by molar-refractivity contribution is 0.0919. The summed E-state index contributed by atoms with van der Waals surface area (Å²) >= 11 is 0. The summed E-state index contributed by atoms with van der Waals surface area (Å²) in [6.07, 6.45) is 3.74. The lowest BCUT2D eigenvalue weighted by Crippen LogP contribution is -2.40. The molecule has 0 saturated heterocycles. The molecular weight excluding hydrogens is 400 g/mol. The molecule has 0 saturated carbocycles. The van der Waals surface area contributed by atoms with E-state index < -0.39 is 0 Å². The second-order valence-corrected chi connectivity index (χ2v) is 8.66. The molecule has 0 unspecified atom stereocenters. The maximum atomic E-state index is 12.4. The van der Waals surface area contributed by atoms with E-state index in [-0.39, 0.29) is 11.4 Å². The number of nitrogens with one attached hydrogen (secondary N) is 3. The third-order valence-corrected chi connectivity index (χ3v) is 4.82. The predicted molar refractivity (Wildman–Crippen MR) is 128 cm³/mol. The summed E-state index contributed by atoms with van der Waals surface area (Å²) in [5.41, 5.74) is 3.78. The summed E-state index contributed by atoms with van der Waals surface area (Å²) in [4.78, 5) is 16.8. The molecule has 32 heavy (non-hydrogen) atoms. The van der Waals surface area contributed by atoms with E-state index in [0.717, 1.165) is 12.1 Å². The van der Waals surface area contributed by atoms with E-state index >= 15 is 0 Å². The van der Waals surface area contributed by atoms with E-state index in [1.807, 2.05) is 74.1 Å². The first kappa shape index (κ1) is 23.1. The summed E-state index contributed by atoms with van der Waals surface area (Å²) < 4.78 is 1.91. The molecule has 0 aliphatic carbocycles. The van der Waals surface area contributed by atoms with Gasteiger partial charge in [0, 0.05) is 43.6 Å². The summed E-state index contributed by atoms with van der Waals surface area (Å²) in [6, 6.07) is 17.8. The fourth-order valence-electron chi connectivity index (χ4n) is 3.27. The maximum Gasteiger partial charge on any atom is 0.251 e. The van der Waals surface area contributed by atoms with Crippen molar-refractivity contribution in [3.05, 3.63) is 89.2 Å². The van der Waals surface area contributed by atoms with Crippen molar-refractivity contribution in [2.45, 2.75) is 45.9 Å². The Hall–Kier alpha value is -3.61. The molecule has 0 spiro atoms. The highest BCUT2D eigenvalue weighted by molar-refractivity contribution is 5.94. The van der Waals surface area contributed by atoms with Crippen molar-refractivity contribution >= 4 is 11.9 Å². The molecule has 3 rings (SSSR count). The Labute approximate surface area is 190 Å². The highest BCUT2D eigenvalue weighted by Gasteiger charge is 2.15. The molecular formula is C25H32N6O. The molecule has 3 aromatic rings. The van der Waals surface area contributed by atoms with Gasteiger partial charge in [0.05, 0.1) is 6.54 Å². The Morgan fingerprint density at radius 2 is 1.75 bits per heavy atom. The average Bonchev–Trinajstić information content (AvgIpc) is 3.27. The van der Waals surface area contributed by atoms with Crippen molar-refractivity contribution in [3.63, 3.8) is 0 Å². The highest BCUT2D eigenvalue weighted by atomic mass is 16.1. The van der Waals surface area contributed by atoms with Crippen molar-refractivity contribution in [1.82, 2.24) is 25.7 Å². The van der Waals surface area contributed by atoms with Gasteiger partial charge < -0.3 is 16.0 Å². The molecule has 0 atom stereocenters. The Morgan fingerprint density at radius 1 is 1.00 bits per heavy atom. The van der Waals surface area contributed by atoms with Crippen molar-refractivity contribution in [3.8, 4) is 0 Å². The maximum absolute atomic E-state index is 12.4. The smallest absolute Gasteiger partial charge is 0.251 e. The van der Waals surface area contributed by atoms with Crippen LogP contribution in [0.25, 0.3) is 0 Å². The quantitative estimate of drug-likeness (QED) is 0.395. The van der Waals surface area contributed by atoms with Gasteiger partial charge in [-0.1, -0.05) is 36.4 Å². The third kappa shape index (κ3) is 6.97. The monoisotopic (exact) mass is 432 g/mol. The zero-order valence-electron chi connectivity index (χ0n) is 19.2. The minimum absolute atomic E-state index is 0.0735. The number of carbonyl (C=O) groups excluding carboxylic acids is 1. The van der Waals surface area contributed by atoms with E-state index in [1.54, 1.807) is 13.2 Å². The van der Waals surface area contributed by atoms with Crippen LogP contribution in [0, 0.1) is 0 Å². The van der Waals surface area contributed by atoms with Crippen molar-refractivity contribution in [2.24, 2.45) is 4.99 Å². The summed E-state index contributed by atoms with van der Waals surface area (Å²) in [5.74, 6) is 0.624. The van der Waals surface area contributed by atoms with Crippen LogP contribution < -0.4 is 16.0 Å². The van der Waals surface area contributed by atoms with Crippen LogP contribution in [0.5, 0.6) is 0 Å². The molecule has 0 aliphatic heterocycles. The number of nitrogens with zero attached hydrogens (tertiary/aromatic N) is 3. The Morgan fingerprint density at radius 3 is 2.44 bits per heavy atom. The fourth-order valence-corrected chi connectivity index (χ4v) is 3.27. The van der Waals surface area contributed by atoms with Crippen LogP contribution in [-0.4, -0.2) is 34.2 Å². The first-order chi connectivity index (χ1) is 15.3. The molecule has 0 radical (unpaired) electrons. The van der Waals surface area contributed by atoms with Crippen LogP contribution in [0.1, 0.15) is 47.8 Å². The van der Waals surface area contributed by atoms with Gasteiger partial charge in [0.25, 0.3) is 5.91 Å². The molecule has 1 heterocycles. The largest absolute Gasteiger partial charge is 0.352 e. The van der Waals surface area contributed by atoms with Gasteiger partial charge >= 0.3 is 0 Å². The zero-order valence-corrected chi connectivity index (χ0v) is 19.2. The lowest BCUT2D eigenvalue weighted by Gasteiger charge is -2.20. The van der Waals surface area contributed by atoms with Crippen LogP contribution in [0.4, 0.5) is 0 Å². The molecule has 2 aromatic carbocycles. The van der Waals surface area contributed by atoms with Crippen molar-refractivity contribution in [1.29, 1.82) is 0 Å². The molecule has 1 amide bonds. The Balaban J connectivity index is 1.57. The van der Waals surface area contributed by atoms with Gasteiger partial charge in [-0.2, -0.15) is 5.10 Å². The van der Waals surface area contributed by atoms with Gasteiger partial charge in [-0.05, 0) is 55.7 Å². The topological polar surface area (TPSA) is 83.3 Å². The summed E-state index contributed by atoms with van der Waals surface area (Å²) in [6.45, 7) is 7.84. The van der Waals surface area contributed by atoms with E-state index in [0.29, 0.717) is 24.6 Å². The number of rotatable bonds is 7. The molecule has 168 valence electrons. The molecule has 7 heteroatoms. The summed E-state index contributed by atoms with van der Waals surface area (Å²) in [7, 11) is 1.75. The Bertz CT molecular complexity index is 1050. The van der Waals surface area contributed by atoms with Gasteiger partial charge in [-0.15, -0.1) is 0 Å². The molecule has 0 aliphatic rings. The van der Waals surface area contributed by atoms with Crippen LogP contribution in [0.15, 0.2) is 72.0 Å². The second-order valence-electron chi connectivity index (χ2n) is 8.66. The van der Waals surface area contributed by atoms with E-state index in [1.165, 1.54) is 11.1 Å². The van der Waals surface area contributed by atoms with Crippen molar-refractivity contribution < 1.29 is 4.79 Å². The molecule has 1 aromatic heterocycles. The van der Waals surface area contributed by atoms with Gasteiger partial charge in [-0.25, -0.2) is 0 Å². The molecule has 7 nitrogen and oxygen atoms in total. The number of aromatic nitrogens is 2. The number of carbonyl (C=O) groups is 1. The van der Waals surface area contributed by atoms with E-state index in [9.17, 15) is 4.79 Å². The minimum atomic E-state index is -0.273. The predicted octanol–water partition coefficient (Wildman–Crippen LogP) is 3.32. The van der Waals surface area contributed by atoms with E-state index in [4.69, 9.17) is 0 Å². The van der Waals surface area contributed by atoms with E-state index in [2.05, 4.69) is 38.2 Å². The third-order valence-electron chi connectivity index (χ3n) is 4.82. The lowest BCUT2D eigenvalue weighted by atomic mass is 10.1. The number of benzene rings is 2. The van der Waals surface area contributed by atoms with Gasteiger partial charge in [-0.3, -0.25) is 14.5 Å². The second kappa shape index (κ2) is 10.6. The highest BCUT2D eigenvalue weighted by Crippen LogP contribution is 2.11. The Kier molecular flexibility index (Phi) is 7.65. The van der Waals surface area contributed by atoms with Gasteiger partial charge in [0.15, 0.2) is 5.96 Å². The number of hydrogen-bond acceptors (Lipinski definition) is 3. The molecule has 0 bridgehead atoms. The average molecular weight is 433 g/mol. The van der Waals surface area contributed by atoms with Crippen LogP contribution in [-0.2, 0) is 19.6 Å². The minimum Gasteiger partial charge on any atom is -0.352 e. The van der Waals surface area contributed by atoms with Crippen LogP contribution >= 0.6 is 0 Å². The molecule has 3 N–H and O–H groups in total. The summed E-state index contributed by atoms with van der Waals surface area (Å²) in [5, 5.41) is 14.0. The van der Waals surface area contributed by atoms with Gasteiger partial charge in [0.1, 0.15) is 0 Å². The fraction of sp³-hybridized carbons (Fsp3) is 0.320. The number of guanidine groups is 1. The van der Waals surface area contributed by atoms with Crippen LogP contribution in [0.2, 0.25) is 0 Å². The molecule has 0 fully saturated rings. The zero-order chi connectivity index (χ0) is 23.0. The first-order valence-electron chi connectivity index (χ1n) is 10.7. The van der Waals surface area contributed by atoms with Gasteiger partial charge in [0.2, 0.25) is 0 Å². The number of aliphatic imine (C=N–C) groups is 1. The first-order valence-corrected chi connectivity index (χ1v) is 10.7. The standard InChI is InChI=1S/C25H32N6O/c1-25(2,3)30-23(32)20-12-7-9-19(15-20)16-27-24(26-4)28-17-21-10-5-6-11-22(21)18-31-14-8-13-29-31/h5-15H,16-18H2,1-4H3,(H,30,32)(H2,26,27,28).